The minimum absolute atomic E-state index is 0.485. The normalized spacial score (nSPS) is 19.4. The van der Waals surface area contributed by atoms with Gasteiger partial charge < -0.3 is 10.1 Å². The SMILES string of the molecule is CCOc1cccnc1NC1CC=CCC1. The van der Waals surface area contributed by atoms with Crippen molar-refractivity contribution in [2.75, 3.05) is 11.9 Å². The molecule has 0 saturated heterocycles. The minimum atomic E-state index is 0.485. The van der Waals surface area contributed by atoms with Crippen molar-refractivity contribution < 1.29 is 4.74 Å². The van der Waals surface area contributed by atoms with Crippen molar-refractivity contribution in [3.63, 3.8) is 0 Å². The Labute approximate surface area is 96.5 Å². The summed E-state index contributed by atoms with van der Waals surface area (Å²) in [6.45, 7) is 2.66. The van der Waals surface area contributed by atoms with Crippen molar-refractivity contribution in [3.05, 3.63) is 30.5 Å². The van der Waals surface area contributed by atoms with E-state index >= 15 is 0 Å². The number of ether oxygens (including phenoxy) is 1. The van der Waals surface area contributed by atoms with Crippen LogP contribution in [0, 0.1) is 0 Å². The molecule has 1 aromatic heterocycles. The van der Waals surface area contributed by atoms with E-state index < -0.39 is 0 Å². The molecule has 1 aliphatic rings. The number of allylic oxidation sites excluding steroid dienone is 1. The maximum Gasteiger partial charge on any atom is 0.168 e. The Morgan fingerprint density at radius 2 is 2.44 bits per heavy atom. The van der Waals surface area contributed by atoms with Crippen LogP contribution in [0.15, 0.2) is 30.5 Å². The second-order valence-corrected chi connectivity index (χ2v) is 3.91. The average molecular weight is 218 g/mol. The number of nitrogens with one attached hydrogen (secondary N) is 1. The van der Waals surface area contributed by atoms with Crippen LogP contribution in [0.3, 0.4) is 0 Å². The Morgan fingerprint density at radius 1 is 1.50 bits per heavy atom. The molecule has 0 aromatic carbocycles. The summed E-state index contributed by atoms with van der Waals surface area (Å²) >= 11 is 0. The molecule has 0 fully saturated rings. The number of nitrogens with zero attached hydrogens (tertiary/aromatic N) is 1. The molecule has 1 atom stereocenters. The second kappa shape index (κ2) is 5.54. The van der Waals surface area contributed by atoms with Crippen LogP contribution in [0.4, 0.5) is 5.82 Å². The van der Waals surface area contributed by atoms with Crippen molar-refractivity contribution in [3.8, 4) is 5.75 Å². The van der Waals surface area contributed by atoms with Gasteiger partial charge in [-0.05, 0) is 38.3 Å². The van der Waals surface area contributed by atoms with Gasteiger partial charge in [0.2, 0.25) is 0 Å². The highest BCUT2D eigenvalue weighted by atomic mass is 16.5. The van der Waals surface area contributed by atoms with Crippen molar-refractivity contribution in [2.24, 2.45) is 0 Å². The summed E-state index contributed by atoms with van der Waals surface area (Å²) in [5, 5.41) is 3.45. The molecule has 1 N–H and O–H groups in total. The van der Waals surface area contributed by atoms with Crippen LogP contribution in [0.1, 0.15) is 26.2 Å². The summed E-state index contributed by atoms with van der Waals surface area (Å²) in [5.74, 6) is 1.71. The molecule has 0 spiro atoms. The number of hydrogen-bond donors (Lipinski definition) is 1. The predicted molar refractivity (Wildman–Crippen MR) is 65.8 cm³/mol. The van der Waals surface area contributed by atoms with E-state index in [9.17, 15) is 0 Å². The van der Waals surface area contributed by atoms with Crippen molar-refractivity contribution >= 4 is 5.82 Å². The maximum atomic E-state index is 5.54. The van der Waals surface area contributed by atoms with Crippen LogP contribution in [0.25, 0.3) is 0 Å². The Hall–Kier alpha value is -1.51. The van der Waals surface area contributed by atoms with Gasteiger partial charge in [-0.3, -0.25) is 0 Å². The number of aromatic nitrogens is 1. The summed E-state index contributed by atoms with van der Waals surface area (Å²) in [5.41, 5.74) is 0. The molecule has 0 bridgehead atoms. The molecule has 1 aliphatic carbocycles. The van der Waals surface area contributed by atoms with Crippen LogP contribution >= 0.6 is 0 Å². The van der Waals surface area contributed by atoms with E-state index in [1.165, 1.54) is 6.42 Å². The molecule has 16 heavy (non-hydrogen) atoms. The molecule has 0 radical (unpaired) electrons. The van der Waals surface area contributed by atoms with Crippen molar-refractivity contribution in [2.45, 2.75) is 32.2 Å². The minimum Gasteiger partial charge on any atom is -0.490 e. The molecule has 1 heterocycles. The van der Waals surface area contributed by atoms with Gasteiger partial charge in [-0.2, -0.15) is 0 Å². The van der Waals surface area contributed by atoms with Gasteiger partial charge in [0.25, 0.3) is 0 Å². The molecule has 0 saturated carbocycles. The average Bonchev–Trinajstić information content (AvgIpc) is 2.33. The van der Waals surface area contributed by atoms with Gasteiger partial charge in [-0.15, -0.1) is 0 Å². The third-order valence-electron chi connectivity index (χ3n) is 2.68. The molecule has 0 aliphatic heterocycles. The molecule has 3 nitrogen and oxygen atoms in total. The van der Waals surface area contributed by atoms with Crippen LogP contribution in [0.5, 0.6) is 5.75 Å². The van der Waals surface area contributed by atoms with Crippen LogP contribution in [-0.2, 0) is 0 Å². The Morgan fingerprint density at radius 3 is 3.19 bits per heavy atom. The highest BCUT2D eigenvalue weighted by Crippen LogP contribution is 2.24. The molecule has 3 heteroatoms. The molecule has 1 aromatic rings. The van der Waals surface area contributed by atoms with E-state index in [-0.39, 0.29) is 0 Å². The van der Waals surface area contributed by atoms with E-state index in [0.717, 1.165) is 24.4 Å². The number of anilines is 1. The van der Waals surface area contributed by atoms with Gasteiger partial charge in [0, 0.05) is 12.2 Å². The van der Waals surface area contributed by atoms with Gasteiger partial charge >= 0.3 is 0 Å². The summed E-state index contributed by atoms with van der Waals surface area (Å²) in [6, 6.07) is 4.34. The summed E-state index contributed by atoms with van der Waals surface area (Å²) in [7, 11) is 0. The first-order chi connectivity index (χ1) is 7.90. The highest BCUT2D eigenvalue weighted by molar-refractivity contribution is 5.50. The third kappa shape index (κ3) is 2.75. The number of hydrogen-bond acceptors (Lipinski definition) is 3. The first-order valence-corrected chi connectivity index (χ1v) is 5.89. The lowest BCUT2D eigenvalue weighted by molar-refractivity contribution is 0.340. The Bertz CT molecular complexity index is 363. The van der Waals surface area contributed by atoms with Gasteiger partial charge in [-0.1, -0.05) is 12.2 Å². The van der Waals surface area contributed by atoms with E-state index in [1.807, 2.05) is 19.1 Å². The maximum absolute atomic E-state index is 5.54. The topological polar surface area (TPSA) is 34.1 Å². The highest BCUT2D eigenvalue weighted by Gasteiger charge is 2.12. The summed E-state index contributed by atoms with van der Waals surface area (Å²) in [4.78, 5) is 4.33. The zero-order valence-corrected chi connectivity index (χ0v) is 9.65. The Balaban J connectivity index is 2.04. The zero-order chi connectivity index (χ0) is 11.2. The van der Waals surface area contributed by atoms with E-state index in [1.54, 1.807) is 6.20 Å². The zero-order valence-electron chi connectivity index (χ0n) is 9.65. The third-order valence-corrected chi connectivity index (χ3v) is 2.68. The molecular formula is C13H18N2O. The van der Waals surface area contributed by atoms with E-state index in [2.05, 4.69) is 22.5 Å². The lowest BCUT2D eigenvalue weighted by Crippen LogP contribution is -2.21. The summed E-state index contributed by atoms with van der Waals surface area (Å²) in [6.07, 6.45) is 9.64. The first-order valence-electron chi connectivity index (χ1n) is 5.89. The smallest absolute Gasteiger partial charge is 0.168 e. The van der Waals surface area contributed by atoms with E-state index in [4.69, 9.17) is 4.74 Å². The molecule has 86 valence electrons. The largest absolute Gasteiger partial charge is 0.490 e. The van der Waals surface area contributed by atoms with Crippen LogP contribution in [0.2, 0.25) is 0 Å². The predicted octanol–water partition coefficient (Wildman–Crippen LogP) is 3.00. The van der Waals surface area contributed by atoms with Crippen molar-refractivity contribution in [1.82, 2.24) is 4.98 Å². The van der Waals surface area contributed by atoms with Crippen LogP contribution in [-0.4, -0.2) is 17.6 Å². The standard InChI is InChI=1S/C13H18N2O/c1-2-16-12-9-6-10-14-13(12)15-11-7-4-3-5-8-11/h3-4,6,9-11H,2,5,7-8H2,1H3,(H,14,15). The Kier molecular flexibility index (Phi) is 3.81. The summed E-state index contributed by atoms with van der Waals surface area (Å²) < 4.78 is 5.54. The first kappa shape index (κ1) is 11.0. The van der Waals surface area contributed by atoms with Crippen molar-refractivity contribution in [1.29, 1.82) is 0 Å². The fourth-order valence-electron chi connectivity index (χ4n) is 1.89. The van der Waals surface area contributed by atoms with Gasteiger partial charge in [-0.25, -0.2) is 4.98 Å². The van der Waals surface area contributed by atoms with Crippen LogP contribution < -0.4 is 10.1 Å². The fraction of sp³-hybridized carbons (Fsp3) is 0.462. The van der Waals surface area contributed by atoms with Gasteiger partial charge in [0.15, 0.2) is 11.6 Å². The van der Waals surface area contributed by atoms with Gasteiger partial charge in [0.1, 0.15) is 0 Å². The fourth-order valence-corrected chi connectivity index (χ4v) is 1.89. The lowest BCUT2D eigenvalue weighted by Gasteiger charge is -2.21. The monoisotopic (exact) mass is 218 g/mol. The lowest BCUT2D eigenvalue weighted by atomic mass is 10.0. The molecule has 0 amide bonds. The molecule has 2 rings (SSSR count). The number of pyridine rings is 1. The van der Waals surface area contributed by atoms with E-state index in [0.29, 0.717) is 12.6 Å². The molecular weight excluding hydrogens is 200 g/mol. The number of rotatable bonds is 4. The van der Waals surface area contributed by atoms with Gasteiger partial charge in [0.05, 0.1) is 6.61 Å². The molecule has 1 unspecified atom stereocenters. The second-order valence-electron chi connectivity index (χ2n) is 3.91. The quantitative estimate of drug-likeness (QED) is 0.789.